The van der Waals surface area contributed by atoms with Crippen LogP contribution in [-0.2, 0) is 4.74 Å². The van der Waals surface area contributed by atoms with Crippen molar-refractivity contribution in [3.05, 3.63) is 29.3 Å². The summed E-state index contributed by atoms with van der Waals surface area (Å²) in [6, 6.07) is 6.96. The van der Waals surface area contributed by atoms with Crippen molar-refractivity contribution in [2.75, 3.05) is 39.6 Å². The minimum absolute atomic E-state index is 0.400. The molecule has 1 aliphatic rings. The van der Waals surface area contributed by atoms with Crippen LogP contribution in [0.2, 0.25) is 5.02 Å². The van der Waals surface area contributed by atoms with Crippen molar-refractivity contribution in [1.82, 2.24) is 0 Å². The molecule has 0 spiro atoms. The van der Waals surface area contributed by atoms with Gasteiger partial charge in [-0.25, -0.2) is 4.79 Å². The maximum Gasteiger partial charge on any atom is 0.411 e. The predicted molar refractivity (Wildman–Crippen MR) is 80.9 cm³/mol. The quantitative estimate of drug-likeness (QED) is 0.848. The molecular weight excluding hydrogens is 276 g/mol. The zero-order valence-electron chi connectivity index (χ0n) is 12.2. The Bertz CT molecular complexity index is 468. The molecule has 0 bridgehead atoms. The summed E-state index contributed by atoms with van der Waals surface area (Å²) >= 11 is 5.78. The van der Waals surface area contributed by atoms with Gasteiger partial charge in [0.25, 0.3) is 0 Å². The Morgan fingerprint density at radius 1 is 1.30 bits per heavy atom. The number of rotatable bonds is 5. The van der Waals surface area contributed by atoms with Crippen LogP contribution < -0.4 is 5.32 Å². The molecule has 2 rings (SSSR count). The maximum atomic E-state index is 11.7. The Morgan fingerprint density at radius 3 is 2.55 bits per heavy atom. The first-order chi connectivity index (χ1) is 9.33. The van der Waals surface area contributed by atoms with Gasteiger partial charge in [-0.15, -0.1) is 0 Å². The highest BCUT2D eigenvalue weighted by Crippen LogP contribution is 2.39. The standard InChI is InChI=1S/C15H21ClN2O2/c1-18(2,3)9-11-8-12(11)10-20-15(19)17-14-6-4-13(16)5-7-14/h4-7,11-12H,8-10H2,1-3H3/p+1/t11-,12+/m1/s1. The molecule has 2 atom stereocenters. The first-order valence-corrected chi connectivity index (χ1v) is 7.21. The SMILES string of the molecule is C[N+](C)(C)C[C@H]1C[C@H]1COC(=O)Nc1ccc(Cl)cc1. The normalized spacial score (nSPS) is 21.4. The number of amides is 1. The molecule has 1 aliphatic carbocycles. The summed E-state index contributed by atoms with van der Waals surface area (Å²) in [5, 5.41) is 3.34. The van der Waals surface area contributed by atoms with Gasteiger partial charge in [-0.3, -0.25) is 5.32 Å². The van der Waals surface area contributed by atoms with Crippen LogP contribution in [0.1, 0.15) is 6.42 Å². The summed E-state index contributed by atoms with van der Waals surface area (Å²) in [5.41, 5.74) is 0.693. The van der Waals surface area contributed by atoms with Gasteiger partial charge in [0.15, 0.2) is 0 Å². The van der Waals surface area contributed by atoms with E-state index >= 15 is 0 Å². The van der Waals surface area contributed by atoms with Crippen molar-refractivity contribution in [2.45, 2.75) is 6.42 Å². The third-order valence-electron chi connectivity index (χ3n) is 3.37. The fraction of sp³-hybridized carbons (Fsp3) is 0.533. The number of quaternary nitrogens is 1. The van der Waals surface area contributed by atoms with Crippen molar-refractivity contribution in [1.29, 1.82) is 0 Å². The molecule has 0 radical (unpaired) electrons. The molecule has 1 N–H and O–H groups in total. The first-order valence-electron chi connectivity index (χ1n) is 6.83. The van der Waals surface area contributed by atoms with E-state index in [1.165, 1.54) is 0 Å². The average molecular weight is 298 g/mol. The summed E-state index contributed by atoms with van der Waals surface area (Å²) < 4.78 is 6.21. The van der Waals surface area contributed by atoms with E-state index in [2.05, 4.69) is 26.5 Å². The third kappa shape index (κ3) is 5.02. The minimum Gasteiger partial charge on any atom is -0.449 e. The molecule has 1 fully saturated rings. The van der Waals surface area contributed by atoms with Crippen LogP contribution in [0.4, 0.5) is 10.5 Å². The predicted octanol–water partition coefficient (Wildman–Crippen LogP) is 3.23. The Balaban J connectivity index is 1.68. The molecule has 0 unspecified atom stereocenters. The lowest BCUT2D eigenvalue weighted by Crippen LogP contribution is -2.36. The highest BCUT2D eigenvalue weighted by atomic mass is 35.5. The van der Waals surface area contributed by atoms with E-state index in [4.69, 9.17) is 16.3 Å². The van der Waals surface area contributed by atoms with Crippen LogP contribution in [0.25, 0.3) is 0 Å². The van der Waals surface area contributed by atoms with Crippen molar-refractivity contribution in [2.24, 2.45) is 11.8 Å². The second kappa shape index (κ2) is 6.02. The Morgan fingerprint density at radius 2 is 1.95 bits per heavy atom. The number of nitrogens with one attached hydrogen (secondary N) is 1. The van der Waals surface area contributed by atoms with Gasteiger partial charge in [-0.1, -0.05) is 11.6 Å². The maximum absolute atomic E-state index is 11.7. The van der Waals surface area contributed by atoms with E-state index in [0.29, 0.717) is 29.2 Å². The van der Waals surface area contributed by atoms with Crippen LogP contribution >= 0.6 is 11.6 Å². The largest absolute Gasteiger partial charge is 0.449 e. The minimum atomic E-state index is -0.400. The van der Waals surface area contributed by atoms with Crippen LogP contribution in [-0.4, -0.2) is 44.9 Å². The van der Waals surface area contributed by atoms with E-state index in [9.17, 15) is 4.79 Å². The molecule has 5 heteroatoms. The summed E-state index contributed by atoms with van der Waals surface area (Å²) in [4.78, 5) is 11.7. The number of carbonyl (C=O) groups is 1. The van der Waals surface area contributed by atoms with Crippen molar-refractivity contribution >= 4 is 23.4 Å². The van der Waals surface area contributed by atoms with Crippen LogP contribution in [0.3, 0.4) is 0 Å². The van der Waals surface area contributed by atoms with Gasteiger partial charge in [0.1, 0.15) is 0 Å². The smallest absolute Gasteiger partial charge is 0.411 e. The van der Waals surface area contributed by atoms with Gasteiger partial charge in [0.05, 0.1) is 34.3 Å². The van der Waals surface area contributed by atoms with Gasteiger partial charge in [0.2, 0.25) is 0 Å². The molecule has 0 aromatic heterocycles. The van der Waals surface area contributed by atoms with Crippen LogP contribution in [0.15, 0.2) is 24.3 Å². The fourth-order valence-corrected chi connectivity index (χ4v) is 2.44. The molecule has 4 nitrogen and oxygen atoms in total. The van der Waals surface area contributed by atoms with Gasteiger partial charge in [0, 0.05) is 22.5 Å². The number of halogens is 1. The van der Waals surface area contributed by atoms with Gasteiger partial charge < -0.3 is 9.22 Å². The average Bonchev–Trinajstić information content (AvgIpc) is 3.05. The first kappa shape index (κ1) is 15.1. The molecule has 1 amide bonds. The summed E-state index contributed by atoms with van der Waals surface area (Å²) in [7, 11) is 6.55. The van der Waals surface area contributed by atoms with E-state index in [0.717, 1.165) is 17.4 Å². The molecule has 20 heavy (non-hydrogen) atoms. The second-order valence-electron chi connectivity index (χ2n) is 6.46. The zero-order valence-corrected chi connectivity index (χ0v) is 13.0. The number of carbonyl (C=O) groups excluding carboxylic acids is 1. The molecule has 1 aromatic carbocycles. The van der Waals surface area contributed by atoms with E-state index in [1.807, 2.05) is 0 Å². The molecule has 1 aromatic rings. The van der Waals surface area contributed by atoms with E-state index in [-0.39, 0.29) is 0 Å². The molecule has 1 saturated carbocycles. The third-order valence-corrected chi connectivity index (χ3v) is 3.62. The lowest BCUT2D eigenvalue weighted by atomic mass is 10.3. The summed E-state index contributed by atoms with van der Waals surface area (Å²) in [6.45, 7) is 1.64. The lowest BCUT2D eigenvalue weighted by molar-refractivity contribution is -0.872. The molecule has 0 heterocycles. The summed E-state index contributed by atoms with van der Waals surface area (Å²) in [5.74, 6) is 1.20. The highest BCUT2D eigenvalue weighted by Gasteiger charge is 2.41. The number of anilines is 1. The molecule has 110 valence electrons. The van der Waals surface area contributed by atoms with Crippen LogP contribution in [0, 0.1) is 11.8 Å². The monoisotopic (exact) mass is 297 g/mol. The second-order valence-corrected chi connectivity index (χ2v) is 6.90. The van der Waals surface area contributed by atoms with Gasteiger partial charge >= 0.3 is 6.09 Å². The number of hydrogen-bond acceptors (Lipinski definition) is 2. The van der Waals surface area contributed by atoms with Crippen LogP contribution in [0.5, 0.6) is 0 Å². The fourth-order valence-electron chi connectivity index (χ4n) is 2.31. The number of ether oxygens (including phenoxy) is 1. The lowest BCUT2D eigenvalue weighted by Gasteiger charge is -2.23. The van der Waals surface area contributed by atoms with Crippen molar-refractivity contribution in [3.8, 4) is 0 Å². The van der Waals surface area contributed by atoms with E-state index in [1.54, 1.807) is 24.3 Å². The van der Waals surface area contributed by atoms with Crippen molar-refractivity contribution < 1.29 is 14.0 Å². The topological polar surface area (TPSA) is 38.3 Å². The Labute approximate surface area is 125 Å². The zero-order chi connectivity index (χ0) is 14.8. The molecule has 0 aliphatic heterocycles. The number of benzene rings is 1. The Hall–Kier alpha value is -1.26. The van der Waals surface area contributed by atoms with E-state index < -0.39 is 6.09 Å². The summed E-state index contributed by atoms with van der Waals surface area (Å²) in [6.07, 6.45) is 0.757. The van der Waals surface area contributed by atoms with Gasteiger partial charge in [-0.2, -0.15) is 0 Å². The number of nitrogens with zero attached hydrogens (tertiary/aromatic N) is 1. The molecular formula is C15H22ClN2O2+. The van der Waals surface area contributed by atoms with Crippen molar-refractivity contribution in [3.63, 3.8) is 0 Å². The molecule has 0 saturated heterocycles. The van der Waals surface area contributed by atoms with Gasteiger partial charge in [-0.05, 0) is 30.7 Å². The number of hydrogen-bond donors (Lipinski definition) is 1. The Kier molecular flexibility index (Phi) is 4.55. The highest BCUT2D eigenvalue weighted by molar-refractivity contribution is 6.30.